The number of piperazine rings is 1. The fraction of sp³-hybridized carbons (Fsp3) is 0.278. The fourth-order valence-corrected chi connectivity index (χ4v) is 3.09. The number of nitrogens with one attached hydrogen (secondary N) is 1. The number of fused-ring (bicyclic) bond motifs is 1. The molecule has 3 heterocycles. The predicted molar refractivity (Wildman–Crippen MR) is 91.0 cm³/mol. The average molecular weight is 338 g/mol. The van der Waals surface area contributed by atoms with Crippen LogP contribution in [0.3, 0.4) is 0 Å². The van der Waals surface area contributed by atoms with E-state index in [0.717, 1.165) is 11.1 Å². The van der Waals surface area contributed by atoms with E-state index in [0.29, 0.717) is 43.9 Å². The number of hydrogen-bond donors (Lipinski definition) is 1. The molecule has 0 atom stereocenters. The smallest absolute Gasteiger partial charge is 0.270 e. The summed E-state index contributed by atoms with van der Waals surface area (Å²) in [6.07, 6.45) is 3.45. The topological polar surface area (TPSA) is 82.4 Å². The van der Waals surface area contributed by atoms with E-state index < -0.39 is 0 Å². The second kappa shape index (κ2) is 6.43. The first-order valence-corrected chi connectivity index (χ1v) is 8.23. The zero-order chi connectivity index (χ0) is 17.2. The molecule has 1 N–H and O–H groups in total. The fourth-order valence-electron chi connectivity index (χ4n) is 3.09. The van der Waals surface area contributed by atoms with Gasteiger partial charge in [0.1, 0.15) is 11.2 Å². The minimum atomic E-state index is -0.0205. The Balaban J connectivity index is 1.35. The third kappa shape index (κ3) is 3.13. The summed E-state index contributed by atoms with van der Waals surface area (Å²) in [5.41, 5.74) is 2.96. The molecule has 0 bridgehead atoms. The van der Waals surface area contributed by atoms with Crippen molar-refractivity contribution < 1.29 is 14.0 Å². The highest BCUT2D eigenvalue weighted by molar-refractivity contribution is 5.92. The third-order valence-corrected chi connectivity index (χ3v) is 4.50. The van der Waals surface area contributed by atoms with Crippen molar-refractivity contribution >= 4 is 22.9 Å². The van der Waals surface area contributed by atoms with Gasteiger partial charge in [0, 0.05) is 32.4 Å². The molecule has 2 aromatic heterocycles. The van der Waals surface area contributed by atoms with Gasteiger partial charge in [0.05, 0.1) is 6.42 Å². The van der Waals surface area contributed by atoms with Crippen LogP contribution in [0.1, 0.15) is 16.1 Å². The van der Waals surface area contributed by atoms with E-state index in [-0.39, 0.29) is 11.8 Å². The van der Waals surface area contributed by atoms with Crippen molar-refractivity contribution in [2.75, 3.05) is 26.2 Å². The second-order valence-corrected chi connectivity index (χ2v) is 6.09. The molecule has 0 spiro atoms. The SMILES string of the molecule is O=C(Cc1ccc2ncoc2c1)N1CCN(C(=O)c2ccc[nH]2)CC1. The molecular formula is C18H18N4O3. The normalized spacial score (nSPS) is 14.9. The van der Waals surface area contributed by atoms with Gasteiger partial charge in [-0.1, -0.05) is 6.07 Å². The van der Waals surface area contributed by atoms with Crippen LogP contribution in [-0.4, -0.2) is 57.8 Å². The van der Waals surface area contributed by atoms with Crippen LogP contribution >= 0.6 is 0 Å². The summed E-state index contributed by atoms with van der Waals surface area (Å²) in [6, 6.07) is 9.17. The van der Waals surface area contributed by atoms with Gasteiger partial charge in [-0.2, -0.15) is 0 Å². The molecule has 25 heavy (non-hydrogen) atoms. The van der Waals surface area contributed by atoms with Crippen LogP contribution in [0.2, 0.25) is 0 Å². The largest absolute Gasteiger partial charge is 0.443 e. The number of amides is 2. The highest BCUT2D eigenvalue weighted by Gasteiger charge is 2.25. The lowest BCUT2D eigenvalue weighted by Gasteiger charge is -2.34. The minimum Gasteiger partial charge on any atom is -0.443 e. The number of aromatic nitrogens is 2. The molecule has 4 rings (SSSR count). The molecule has 0 aliphatic carbocycles. The molecule has 0 radical (unpaired) electrons. The number of carbonyl (C=O) groups is 2. The Kier molecular flexibility index (Phi) is 3.97. The van der Waals surface area contributed by atoms with Crippen molar-refractivity contribution in [1.82, 2.24) is 19.8 Å². The summed E-state index contributed by atoms with van der Waals surface area (Å²) < 4.78 is 5.28. The minimum absolute atomic E-state index is 0.0205. The number of aromatic amines is 1. The van der Waals surface area contributed by atoms with Gasteiger partial charge < -0.3 is 19.2 Å². The molecule has 1 aliphatic rings. The number of rotatable bonds is 3. The molecule has 7 nitrogen and oxygen atoms in total. The van der Waals surface area contributed by atoms with E-state index in [1.54, 1.807) is 23.2 Å². The first kappa shape index (κ1) is 15.4. The van der Waals surface area contributed by atoms with Gasteiger partial charge in [-0.15, -0.1) is 0 Å². The monoisotopic (exact) mass is 338 g/mol. The van der Waals surface area contributed by atoms with E-state index in [1.165, 1.54) is 6.39 Å². The molecule has 128 valence electrons. The van der Waals surface area contributed by atoms with Gasteiger partial charge in [0.2, 0.25) is 5.91 Å². The number of H-pyrrole nitrogens is 1. The van der Waals surface area contributed by atoms with E-state index in [9.17, 15) is 9.59 Å². The Bertz CT molecular complexity index is 892. The zero-order valence-corrected chi connectivity index (χ0v) is 13.6. The summed E-state index contributed by atoms with van der Waals surface area (Å²) in [5, 5.41) is 0. The molecule has 7 heteroatoms. The van der Waals surface area contributed by atoms with Crippen molar-refractivity contribution in [2.24, 2.45) is 0 Å². The molecule has 0 saturated carbocycles. The molecular weight excluding hydrogens is 320 g/mol. The number of carbonyl (C=O) groups excluding carboxylic acids is 2. The highest BCUT2D eigenvalue weighted by atomic mass is 16.3. The number of oxazole rings is 1. The zero-order valence-electron chi connectivity index (χ0n) is 13.6. The predicted octanol–water partition coefficient (Wildman–Crippen LogP) is 1.68. The first-order valence-electron chi connectivity index (χ1n) is 8.23. The Hall–Kier alpha value is -3.09. The summed E-state index contributed by atoms with van der Waals surface area (Å²) >= 11 is 0. The average Bonchev–Trinajstić information content (AvgIpc) is 3.32. The quantitative estimate of drug-likeness (QED) is 0.788. The van der Waals surface area contributed by atoms with E-state index in [1.807, 2.05) is 23.1 Å². The van der Waals surface area contributed by atoms with Gasteiger partial charge in [-0.05, 0) is 29.8 Å². The van der Waals surface area contributed by atoms with Crippen molar-refractivity contribution in [1.29, 1.82) is 0 Å². The van der Waals surface area contributed by atoms with Crippen molar-refractivity contribution in [3.63, 3.8) is 0 Å². The van der Waals surface area contributed by atoms with Crippen LogP contribution in [0.4, 0.5) is 0 Å². The van der Waals surface area contributed by atoms with E-state index in [2.05, 4.69) is 9.97 Å². The molecule has 3 aromatic rings. The van der Waals surface area contributed by atoms with Gasteiger partial charge in [-0.3, -0.25) is 9.59 Å². The molecule has 2 amide bonds. The van der Waals surface area contributed by atoms with Gasteiger partial charge in [0.15, 0.2) is 12.0 Å². The Morgan fingerprint density at radius 2 is 1.92 bits per heavy atom. The Morgan fingerprint density at radius 3 is 2.68 bits per heavy atom. The number of hydrogen-bond acceptors (Lipinski definition) is 4. The maximum absolute atomic E-state index is 12.5. The maximum Gasteiger partial charge on any atom is 0.270 e. The lowest BCUT2D eigenvalue weighted by molar-refractivity contribution is -0.131. The number of nitrogens with zero attached hydrogens (tertiary/aromatic N) is 3. The third-order valence-electron chi connectivity index (χ3n) is 4.50. The Morgan fingerprint density at radius 1 is 1.12 bits per heavy atom. The molecule has 1 aliphatic heterocycles. The molecule has 1 saturated heterocycles. The summed E-state index contributed by atoms with van der Waals surface area (Å²) in [7, 11) is 0. The number of benzene rings is 1. The van der Waals surface area contributed by atoms with Crippen LogP contribution in [0, 0.1) is 0 Å². The summed E-state index contributed by atoms with van der Waals surface area (Å²) in [5.74, 6) is 0.0405. The lowest BCUT2D eigenvalue weighted by Crippen LogP contribution is -2.51. The van der Waals surface area contributed by atoms with E-state index in [4.69, 9.17) is 4.42 Å². The van der Waals surface area contributed by atoms with Crippen LogP contribution in [0.25, 0.3) is 11.1 Å². The van der Waals surface area contributed by atoms with Crippen LogP contribution in [-0.2, 0) is 11.2 Å². The van der Waals surface area contributed by atoms with Gasteiger partial charge >= 0.3 is 0 Å². The summed E-state index contributed by atoms with van der Waals surface area (Å²) in [6.45, 7) is 2.20. The van der Waals surface area contributed by atoms with Crippen molar-refractivity contribution in [3.8, 4) is 0 Å². The molecule has 1 fully saturated rings. The van der Waals surface area contributed by atoms with Crippen LogP contribution < -0.4 is 0 Å². The standard InChI is InChI=1S/C18H18N4O3/c23-17(11-13-3-4-14-16(10-13)25-12-20-14)21-6-8-22(9-7-21)18(24)15-2-1-5-19-15/h1-5,10,12,19H,6-9,11H2. The highest BCUT2D eigenvalue weighted by Crippen LogP contribution is 2.16. The van der Waals surface area contributed by atoms with Crippen LogP contribution in [0.15, 0.2) is 47.3 Å². The molecule has 1 aromatic carbocycles. The first-order chi connectivity index (χ1) is 12.2. The van der Waals surface area contributed by atoms with E-state index >= 15 is 0 Å². The molecule has 0 unspecified atom stereocenters. The van der Waals surface area contributed by atoms with Gasteiger partial charge in [0.25, 0.3) is 5.91 Å². The second-order valence-electron chi connectivity index (χ2n) is 6.09. The lowest BCUT2D eigenvalue weighted by atomic mass is 10.1. The summed E-state index contributed by atoms with van der Waals surface area (Å²) in [4.78, 5) is 35.4. The van der Waals surface area contributed by atoms with Crippen molar-refractivity contribution in [3.05, 3.63) is 54.2 Å². The maximum atomic E-state index is 12.5. The van der Waals surface area contributed by atoms with Crippen LogP contribution in [0.5, 0.6) is 0 Å². The van der Waals surface area contributed by atoms with Crippen molar-refractivity contribution in [2.45, 2.75) is 6.42 Å². The van der Waals surface area contributed by atoms with Gasteiger partial charge in [-0.25, -0.2) is 4.98 Å². The Labute approximate surface area is 144 Å².